The highest BCUT2D eigenvalue weighted by Crippen LogP contribution is 2.26. The van der Waals surface area contributed by atoms with Gasteiger partial charge in [0.2, 0.25) is 5.91 Å². The second kappa shape index (κ2) is 5.69. The normalized spacial score (nSPS) is 21.3. The maximum Gasteiger partial charge on any atom is 0.224 e. The van der Waals surface area contributed by atoms with Gasteiger partial charge in [-0.2, -0.15) is 0 Å². The van der Waals surface area contributed by atoms with Crippen LogP contribution in [0.2, 0.25) is 10.0 Å². The molecular formula is C12H13Cl2NO3S. The van der Waals surface area contributed by atoms with Crippen LogP contribution >= 0.6 is 23.2 Å². The van der Waals surface area contributed by atoms with E-state index in [0.717, 1.165) is 0 Å². The molecule has 7 heteroatoms. The molecule has 0 aliphatic carbocycles. The van der Waals surface area contributed by atoms with Crippen LogP contribution in [0.1, 0.15) is 12.8 Å². The van der Waals surface area contributed by atoms with Crippen molar-refractivity contribution in [2.75, 3.05) is 16.8 Å². The van der Waals surface area contributed by atoms with Crippen molar-refractivity contribution >= 4 is 44.6 Å². The molecule has 1 amide bonds. The highest BCUT2D eigenvalue weighted by atomic mass is 35.5. The smallest absolute Gasteiger partial charge is 0.224 e. The molecule has 0 spiro atoms. The molecule has 1 atom stereocenters. The zero-order chi connectivity index (χ0) is 14.0. The Balaban J connectivity index is 1.93. The first-order valence-electron chi connectivity index (χ1n) is 5.81. The van der Waals surface area contributed by atoms with Crippen molar-refractivity contribution in [1.29, 1.82) is 0 Å². The Labute approximate surface area is 122 Å². The summed E-state index contributed by atoms with van der Waals surface area (Å²) in [5, 5.41) is 3.47. The van der Waals surface area contributed by atoms with Crippen LogP contribution in [0.15, 0.2) is 18.2 Å². The fourth-order valence-electron chi connectivity index (χ4n) is 2.08. The van der Waals surface area contributed by atoms with E-state index in [9.17, 15) is 13.2 Å². The summed E-state index contributed by atoms with van der Waals surface area (Å²) < 4.78 is 22.6. The van der Waals surface area contributed by atoms with Crippen molar-refractivity contribution in [1.82, 2.24) is 0 Å². The summed E-state index contributed by atoms with van der Waals surface area (Å²) in [6.07, 6.45) is 0.761. The van der Waals surface area contributed by atoms with E-state index in [1.165, 1.54) is 0 Å². The molecule has 0 saturated carbocycles. The minimum atomic E-state index is -2.94. The van der Waals surface area contributed by atoms with Crippen molar-refractivity contribution in [3.63, 3.8) is 0 Å². The predicted molar refractivity (Wildman–Crippen MR) is 76.5 cm³/mol. The molecule has 4 nitrogen and oxygen atoms in total. The number of hydrogen-bond acceptors (Lipinski definition) is 3. The highest BCUT2D eigenvalue weighted by molar-refractivity contribution is 7.91. The number of rotatable bonds is 3. The summed E-state index contributed by atoms with van der Waals surface area (Å²) in [6.45, 7) is 0. The van der Waals surface area contributed by atoms with E-state index in [0.29, 0.717) is 22.2 Å². The molecule has 1 saturated heterocycles. The number of anilines is 1. The number of benzene rings is 1. The van der Waals surface area contributed by atoms with E-state index in [1.54, 1.807) is 18.2 Å². The quantitative estimate of drug-likeness (QED) is 0.931. The molecule has 0 aromatic heterocycles. The molecule has 1 aliphatic rings. The lowest BCUT2D eigenvalue weighted by atomic mass is 10.1. The van der Waals surface area contributed by atoms with Gasteiger partial charge < -0.3 is 5.32 Å². The molecule has 0 unspecified atom stereocenters. The van der Waals surface area contributed by atoms with E-state index in [1.807, 2.05) is 0 Å². The number of hydrogen-bond donors (Lipinski definition) is 1. The maximum atomic E-state index is 11.8. The van der Waals surface area contributed by atoms with Crippen molar-refractivity contribution in [2.45, 2.75) is 12.8 Å². The van der Waals surface area contributed by atoms with Gasteiger partial charge in [-0.3, -0.25) is 4.79 Å². The monoisotopic (exact) mass is 321 g/mol. The Morgan fingerprint density at radius 1 is 1.32 bits per heavy atom. The van der Waals surface area contributed by atoms with Crippen LogP contribution < -0.4 is 5.32 Å². The molecule has 0 radical (unpaired) electrons. The summed E-state index contributed by atoms with van der Waals surface area (Å²) >= 11 is 11.6. The van der Waals surface area contributed by atoms with E-state index in [4.69, 9.17) is 23.2 Å². The SMILES string of the molecule is O=C(C[C@@H]1CCS(=O)(=O)C1)Nc1ccc(Cl)c(Cl)c1. The lowest BCUT2D eigenvalue weighted by Crippen LogP contribution is -2.17. The summed E-state index contributed by atoms with van der Waals surface area (Å²) in [5.41, 5.74) is 0.556. The molecule has 1 heterocycles. The third-order valence-electron chi connectivity index (χ3n) is 3.00. The van der Waals surface area contributed by atoms with Crippen LogP contribution in [0.3, 0.4) is 0 Å². The van der Waals surface area contributed by atoms with E-state index in [-0.39, 0.29) is 29.8 Å². The van der Waals surface area contributed by atoms with Crippen molar-refractivity contribution in [3.8, 4) is 0 Å². The molecular weight excluding hydrogens is 309 g/mol. The van der Waals surface area contributed by atoms with Crippen LogP contribution in [-0.4, -0.2) is 25.8 Å². The second-order valence-corrected chi connectivity index (χ2v) is 7.69. The lowest BCUT2D eigenvalue weighted by molar-refractivity contribution is -0.116. The fraction of sp³-hybridized carbons (Fsp3) is 0.417. The highest BCUT2D eigenvalue weighted by Gasteiger charge is 2.29. The summed E-state index contributed by atoms with van der Waals surface area (Å²) in [6, 6.07) is 4.81. The van der Waals surface area contributed by atoms with Gasteiger partial charge in [0.1, 0.15) is 0 Å². The van der Waals surface area contributed by atoms with Gasteiger partial charge in [-0.25, -0.2) is 8.42 Å². The number of nitrogens with one attached hydrogen (secondary N) is 1. The summed E-state index contributed by atoms with van der Waals surface area (Å²) in [7, 11) is -2.94. The maximum absolute atomic E-state index is 11.8. The van der Waals surface area contributed by atoms with Gasteiger partial charge in [0.05, 0.1) is 21.6 Å². The first-order chi connectivity index (χ1) is 8.85. The molecule has 2 rings (SSSR count). The average molecular weight is 322 g/mol. The molecule has 1 aliphatic heterocycles. The third-order valence-corrected chi connectivity index (χ3v) is 5.58. The minimum absolute atomic E-state index is 0.0900. The van der Waals surface area contributed by atoms with Crippen LogP contribution in [0, 0.1) is 5.92 Å². The first-order valence-corrected chi connectivity index (χ1v) is 8.39. The molecule has 0 bridgehead atoms. The second-order valence-electron chi connectivity index (χ2n) is 4.65. The molecule has 19 heavy (non-hydrogen) atoms. The fourth-order valence-corrected chi connectivity index (χ4v) is 4.24. The Bertz CT molecular complexity index is 601. The van der Waals surface area contributed by atoms with Gasteiger partial charge in [-0.15, -0.1) is 0 Å². The van der Waals surface area contributed by atoms with Crippen LogP contribution in [0.4, 0.5) is 5.69 Å². The average Bonchev–Trinajstić information content (AvgIpc) is 2.63. The minimum Gasteiger partial charge on any atom is -0.326 e. The third kappa shape index (κ3) is 4.09. The van der Waals surface area contributed by atoms with E-state index in [2.05, 4.69) is 5.32 Å². The number of amides is 1. The number of halogens is 2. The predicted octanol–water partition coefficient (Wildman–Crippen LogP) is 2.76. The molecule has 1 aromatic rings. The molecule has 1 aromatic carbocycles. The Hall–Kier alpha value is -0.780. The standard InChI is InChI=1S/C12H13Cl2NO3S/c13-10-2-1-9(6-11(10)14)15-12(16)5-8-3-4-19(17,18)7-8/h1-2,6,8H,3-5,7H2,(H,15,16)/t8-/m0/s1. The van der Waals surface area contributed by atoms with Gasteiger partial charge in [0.25, 0.3) is 0 Å². The van der Waals surface area contributed by atoms with Crippen LogP contribution in [0.5, 0.6) is 0 Å². The van der Waals surface area contributed by atoms with Gasteiger partial charge in [-0.05, 0) is 30.5 Å². The Kier molecular flexibility index (Phi) is 4.38. The van der Waals surface area contributed by atoms with Gasteiger partial charge in [0.15, 0.2) is 9.84 Å². The zero-order valence-electron chi connectivity index (χ0n) is 10.0. The first kappa shape index (κ1) is 14.6. The van der Waals surface area contributed by atoms with E-state index < -0.39 is 9.84 Å². The summed E-state index contributed by atoms with van der Waals surface area (Å²) in [4.78, 5) is 11.8. The van der Waals surface area contributed by atoms with Crippen LogP contribution in [0.25, 0.3) is 0 Å². The number of sulfone groups is 1. The molecule has 104 valence electrons. The van der Waals surface area contributed by atoms with E-state index >= 15 is 0 Å². The van der Waals surface area contributed by atoms with Gasteiger partial charge in [0, 0.05) is 12.1 Å². The Morgan fingerprint density at radius 3 is 2.63 bits per heavy atom. The Morgan fingerprint density at radius 2 is 2.05 bits per heavy atom. The van der Waals surface area contributed by atoms with Crippen molar-refractivity contribution in [2.24, 2.45) is 5.92 Å². The largest absolute Gasteiger partial charge is 0.326 e. The van der Waals surface area contributed by atoms with Gasteiger partial charge in [-0.1, -0.05) is 23.2 Å². The topological polar surface area (TPSA) is 63.2 Å². The number of carbonyl (C=O) groups is 1. The molecule has 1 fully saturated rings. The molecule has 1 N–H and O–H groups in total. The van der Waals surface area contributed by atoms with Gasteiger partial charge >= 0.3 is 0 Å². The lowest BCUT2D eigenvalue weighted by Gasteiger charge is -2.09. The van der Waals surface area contributed by atoms with Crippen molar-refractivity contribution in [3.05, 3.63) is 28.2 Å². The number of carbonyl (C=O) groups excluding carboxylic acids is 1. The summed E-state index contributed by atoms with van der Waals surface area (Å²) in [5.74, 6) is -0.0206. The zero-order valence-corrected chi connectivity index (χ0v) is 12.4. The van der Waals surface area contributed by atoms with Crippen LogP contribution in [-0.2, 0) is 14.6 Å². The van der Waals surface area contributed by atoms with Crippen molar-refractivity contribution < 1.29 is 13.2 Å².